The molecular formula is C14H27N3O2. The highest BCUT2D eigenvalue weighted by atomic mass is 16.5. The number of nitrogens with zero attached hydrogens (tertiary/aromatic N) is 3. The fourth-order valence-electron chi connectivity index (χ4n) is 3.08. The Morgan fingerprint density at radius 2 is 1.84 bits per heavy atom. The number of likely N-dealkylation sites (N-methyl/N-ethyl adjacent to an activating group) is 1. The normalized spacial score (nSPS) is 28.5. The summed E-state index contributed by atoms with van der Waals surface area (Å²) in [5, 5.41) is 0. The molecule has 5 nitrogen and oxygen atoms in total. The van der Waals surface area contributed by atoms with Crippen LogP contribution in [0.1, 0.15) is 19.8 Å². The lowest BCUT2D eigenvalue weighted by atomic mass is 10.0. The molecule has 5 heteroatoms. The third-order valence-corrected chi connectivity index (χ3v) is 4.44. The number of piperidine rings is 1. The Morgan fingerprint density at radius 1 is 1.16 bits per heavy atom. The van der Waals surface area contributed by atoms with Gasteiger partial charge in [-0.25, -0.2) is 0 Å². The number of piperazine rings is 1. The van der Waals surface area contributed by atoms with Crippen LogP contribution in [-0.2, 0) is 9.53 Å². The Hall–Kier alpha value is -0.650. The van der Waals surface area contributed by atoms with Crippen LogP contribution < -0.4 is 0 Å². The van der Waals surface area contributed by atoms with Gasteiger partial charge in [-0.1, -0.05) is 0 Å². The van der Waals surface area contributed by atoms with Crippen LogP contribution in [0, 0.1) is 0 Å². The van der Waals surface area contributed by atoms with Gasteiger partial charge in [0.25, 0.3) is 0 Å². The largest absolute Gasteiger partial charge is 0.465 e. The van der Waals surface area contributed by atoms with Crippen LogP contribution in [0.15, 0.2) is 0 Å². The van der Waals surface area contributed by atoms with Crippen LogP contribution in [-0.4, -0.2) is 86.2 Å². The SMILES string of the molecule is CCOC(=O)C1CN(C2CCN(C)CC2)CCN1C. The zero-order valence-corrected chi connectivity index (χ0v) is 12.5. The highest BCUT2D eigenvalue weighted by Crippen LogP contribution is 2.19. The summed E-state index contributed by atoms with van der Waals surface area (Å²) in [6.45, 7) is 7.52. The Bertz CT molecular complexity index is 303. The summed E-state index contributed by atoms with van der Waals surface area (Å²) in [4.78, 5) is 19.0. The predicted octanol–water partition coefficient (Wildman–Crippen LogP) is 0.260. The van der Waals surface area contributed by atoms with E-state index >= 15 is 0 Å². The number of hydrogen-bond acceptors (Lipinski definition) is 5. The minimum atomic E-state index is -0.0895. The van der Waals surface area contributed by atoms with E-state index in [-0.39, 0.29) is 12.0 Å². The highest BCUT2D eigenvalue weighted by molar-refractivity contribution is 5.76. The fraction of sp³-hybridized carbons (Fsp3) is 0.929. The van der Waals surface area contributed by atoms with Gasteiger partial charge in [-0.2, -0.15) is 0 Å². The van der Waals surface area contributed by atoms with E-state index in [1.807, 2.05) is 14.0 Å². The standard InChI is InChI=1S/C14H27N3O2/c1-4-19-14(18)13-11-17(10-9-16(13)3)12-5-7-15(2)8-6-12/h12-13H,4-11H2,1-3H3. The molecule has 0 aromatic rings. The second kappa shape index (κ2) is 6.68. The molecule has 1 atom stereocenters. The van der Waals surface area contributed by atoms with Crippen molar-refractivity contribution >= 4 is 5.97 Å². The van der Waals surface area contributed by atoms with E-state index in [2.05, 4.69) is 21.7 Å². The van der Waals surface area contributed by atoms with E-state index in [4.69, 9.17) is 4.74 Å². The topological polar surface area (TPSA) is 36.0 Å². The maximum atomic E-state index is 12.0. The lowest BCUT2D eigenvalue weighted by molar-refractivity contribution is -0.152. The van der Waals surface area contributed by atoms with Crippen molar-refractivity contribution in [2.45, 2.75) is 31.8 Å². The monoisotopic (exact) mass is 269 g/mol. The lowest BCUT2D eigenvalue weighted by Crippen LogP contribution is -2.58. The van der Waals surface area contributed by atoms with Gasteiger partial charge in [0, 0.05) is 25.7 Å². The van der Waals surface area contributed by atoms with Crippen LogP contribution in [0.25, 0.3) is 0 Å². The van der Waals surface area contributed by atoms with Crippen molar-refractivity contribution < 1.29 is 9.53 Å². The van der Waals surface area contributed by atoms with Crippen molar-refractivity contribution in [1.29, 1.82) is 0 Å². The van der Waals surface area contributed by atoms with Crippen LogP contribution in [0.5, 0.6) is 0 Å². The molecule has 0 aliphatic carbocycles. The second-order valence-electron chi connectivity index (χ2n) is 5.78. The van der Waals surface area contributed by atoms with E-state index in [1.165, 1.54) is 25.9 Å². The third-order valence-electron chi connectivity index (χ3n) is 4.44. The molecule has 0 amide bonds. The molecule has 2 saturated heterocycles. The lowest BCUT2D eigenvalue weighted by Gasteiger charge is -2.44. The van der Waals surface area contributed by atoms with Crippen molar-refractivity contribution in [2.75, 3.05) is 53.4 Å². The molecule has 0 spiro atoms. The Kier molecular flexibility index (Phi) is 5.19. The van der Waals surface area contributed by atoms with E-state index in [0.717, 1.165) is 19.6 Å². The van der Waals surface area contributed by atoms with Crippen LogP contribution in [0.3, 0.4) is 0 Å². The van der Waals surface area contributed by atoms with E-state index in [1.54, 1.807) is 0 Å². The Balaban J connectivity index is 1.91. The van der Waals surface area contributed by atoms with E-state index < -0.39 is 0 Å². The van der Waals surface area contributed by atoms with Gasteiger partial charge in [0.05, 0.1) is 6.61 Å². The first-order valence-corrected chi connectivity index (χ1v) is 7.41. The number of carbonyl (C=O) groups is 1. The molecule has 2 aliphatic heterocycles. The molecule has 2 heterocycles. The van der Waals surface area contributed by atoms with Crippen molar-refractivity contribution in [3.8, 4) is 0 Å². The maximum Gasteiger partial charge on any atom is 0.324 e. The molecular weight excluding hydrogens is 242 g/mol. The van der Waals surface area contributed by atoms with Gasteiger partial charge in [0.2, 0.25) is 0 Å². The zero-order chi connectivity index (χ0) is 13.8. The number of esters is 1. The molecule has 0 radical (unpaired) electrons. The van der Waals surface area contributed by atoms with Gasteiger partial charge >= 0.3 is 5.97 Å². The molecule has 1 unspecified atom stereocenters. The molecule has 0 saturated carbocycles. The number of hydrogen-bond donors (Lipinski definition) is 0. The van der Waals surface area contributed by atoms with Crippen molar-refractivity contribution in [3.05, 3.63) is 0 Å². The van der Waals surface area contributed by atoms with E-state index in [9.17, 15) is 4.79 Å². The summed E-state index contributed by atoms with van der Waals surface area (Å²) in [7, 11) is 4.20. The average molecular weight is 269 g/mol. The third kappa shape index (κ3) is 3.68. The molecule has 2 rings (SSSR count). The Labute approximate surface area is 116 Å². The van der Waals surface area contributed by atoms with Gasteiger partial charge in [0.1, 0.15) is 6.04 Å². The maximum absolute atomic E-state index is 12.0. The average Bonchev–Trinajstić information content (AvgIpc) is 2.40. The van der Waals surface area contributed by atoms with E-state index in [0.29, 0.717) is 12.6 Å². The van der Waals surface area contributed by atoms with Crippen molar-refractivity contribution in [3.63, 3.8) is 0 Å². The molecule has 0 bridgehead atoms. The van der Waals surface area contributed by atoms with Gasteiger partial charge < -0.3 is 9.64 Å². The molecule has 2 aliphatic rings. The smallest absolute Gasteiger partial charge is 0.324 e. The molecule has 2 fully saturated rings. The summed E-state index contributed by atoms with van der Waals surface area (Å²) < 4.78 is 5.19. The number of rotatable bonds is 3. The predicted molar refractivity (Wildman–Crippen MR) is 75.1 cm³/mol. The van der Waals surface area contributed by atoms with Crippen LogP contribution >= 0.6 is 0 Å². The van der Waals surface area contributed by atoms with Crippen LogP contribution in [0.2, 0.25) is 0 Å². The summed E-state index contributed by atoms with van der Waals surface area (Å²) in [5.74, 6) is -0.0670. The number of ether oxygens (including phenoxy) is 1. The number of carbonyl (C=O) groups excluding carboxylic acids is 1. The van der Waals surface area contributed by atoms with Crippen molar-refractivity contribution in [1.82, 2.24) is 14.7 Å². The first kappa shape index (κ1) is 14.8. The highest BCUT2D eigenvalue weighted by Gasteiger charge is 2.34. The second-order valence-corrected chi connectivity index (χ2v) is 5.78. The van der Waals surface area contributed by atoms with Crippen LogP contribution in [0.4, 0.5) is 0 Å². The summed E-state index contributed by atoms with van der Waals surface area (Å²) >= 11 is 0. The minimum absolute atomic E-state index is 0.0670. The molecule has 0 aromatic carbocycles. The van der Waals surface area contributed by atoms with Gasteiger partial charge in [-0.15, -0.1) is 0 Å². The zero-order valence-electron chi connectivity index (χ0n) is 12.5. The number of likely N-dealkylation sites (tertiary alicyclic amines) is 1. The summed E-state index contributed by atoms with van der Waals surface area (Å²) in [6, 6.07) is 0.551. The molecule has 0 aromatic heterocycles. The van der Waals surface area contributed by atoms with Gasteiger partial charge in [-0.05, 0) is 47.0 Å². The van der Waals surface area contributed by atoms with Gasteiger partial charge in [-0.3, -0.25) is 14.6 Å². The Morgan fingerprint density at radius 3 is 2.47 bits per heavy atom. The van der Waals surface area contributed by atoms with Crippen molar-refractivity contribution in [2.24, 2.45) is 0 Å². The molecule has 110 valence electrons. The minimum Gasteiger partial charge on any atom is -0.465 e. The first-order chi connectivity index (χ1) is 9.11. The summed E-state index contributed by atoms with van der Waals surface area (Å²) in [5.41, 5.74) is 0. The first-order valence-electron chi connectivity index (χ1n) is 7.41. The summed E-state index contributed by atoms with van der Waals surface area (Å²) in [6.07, 6.45) is 2.44. The fourth-order valence-corrected chi connectivity index (χ4v) is 3.08. The molecule has 0 N–H and O–H groups in total. The van der Waals surface area contributed by atoms with Gasteiger partial charge in [0.15, 0.2) is 0 Å². The quantitative estimate of drug-likeness (QED) is 0.687. The molecule has 19 heavy (non-hydrogen) atoms.